The van der Waals surface area contributed by atoms with Crippen molar-refractivity contribution >= 4 is 22.7 Å². The molecule has 2 heterocycles. The first-order valence-electron chi connectivity index (χ1n) is 10.2. The van der Waals surface area contributed by atoms with E-state index in [0.717, 1.165) is 16.6 Å². The largest absolute Gasteiger partial charge is 0.480 e. The maximum atomic E-state index is 13.1. The van der Waals surface area contributed by atoms with Crippen LogP contribution in [0.1, 0.15) is 29.9 Å². The number of fused-ring (bicyclic) bond motifs is 1. The first kappa shape index (κ1) is 19.9. The zero-order chi connectivity index (χ0) is 21.3. The SMILES string of the molecule is Cc1[nH]nc2cccc(O[C@@H](C)C(=O)N3CCN(C(=O)c4ccccc4)C[C@H]3C)c12. The van der Waals surface area contributed by atoms with Gasteiger partial charge in [-0.3, -0.25) is 14.7 Å². The van der Waals surface area contributed by atoms with Crippen LogP contribution in [0.3, 0.4) is 0 Å². The van der Waals surface area contributed by atoms with E-state index < -0.39 is 6.10 Å². The van der Waals surface area contributed by atoms with Crippen molar-refractivity contribution in [2.24, 2.45) is 0 Å². The molecule has 1 aliphatic heterocycles. The lowest BCUT2D eigenvalue weighted by Gasteiger charge is -2.40. The van der Waals surface area contributed by atoms with Crippen LogP contribution in [0.2, 0.25) is 0 Å². The fraction of sp³-hybridized carbons (Fsp3) is 0.348. The van der Waals surface area contributed by atoms with Crippen molar-refractivity contribution in [1.29, 1.82) is 0 Å². The van der Waals surface area contributed by atoms with E-state index in [1.165, 1.54) is 0 Å². The lowest BCUT2D eigenvalue weighted by molar-refractivity contribution is -0.142. The molecule has 7 heteroatoms. The van der Waals surface area contributed by atoms with Gasteiger partial charge in [-0.1, -0.05) is 24.3 Å². The lowest BCUT2D eigenvalue weighted by atomic mass is 10.1. The van der Waals surface area contributed by atoms with Crippen molar-refractivity contribution in [2.75, 3.05) is 19.6 Å². The third-order valence-electron chi connectivity index (χ3n) is 5.59. The lowest BCUT2D eigenvalue weighted by Crippen LogP contribution is -2.57. The van der Waals surface area contributed by atoms with Crippen LogP contribution in [0.25, 0.3) is 10.9 Å². The van der Waals surface area contributed by atoms with Gasteiger partial charge in [0.15, 0.2) is 6.10 Å². The van der Waals surface area contributed by atoms with E-state index in [2.05, 4.69) is 10.2 Å². The van der Waals surface area contributed by atoms with Crippen LogP contribution in [-0.4, -0.2) is 63.6 Å². The van der Waals surface area contributed by atoms with Gasteiger partial charge in [0.25, 0.3) is 11.8 Å². The number of ether oxygens (including phenoxy) is 1. The Labute approximate surface area is 175 Å². The Morgan fingerprint density at radius 1 is 1.13 bits per heavy atom. The monoisotopic (exact) mass is 406 g/mol. The standard InChI is InChI=1S/C23H26N4O3/c1-15-14-26(23(29)18-8-5-4-6-9-18)12-13-27(15)22(28)17(3)30-20-11-7-10-19-21(20)16(2)24-25-19/h4-11,15,17H,12-14H2,1-3H3,(H,24,25)/t15-,17+/m1/s1. The predicted molar refractivity (Wildman–Crippen MR) is 114 cm³/mol. The number of H-pyrrole nitrogens is 1. The normalized spacial score (nSPS) is 17.8. The average Bonchev–Trinajstić information content (AvgIpc) is 3.15. The quantitative estimate of drug-likeness (QED) is 0.722. The van der Waals surface area contributed by atoms with Gasteiger partial charge in [0, 0.05) is 36.9 Å². The van der Waals surface area contributed by atoms with E-state index in [9.17, 15) is 9.59 Å². The molecule has 4 rings (SSSR count). The van der Waals surface area contributed by atoms with E-state index >= 15 is 0 Å². The minimum atomic E-state index is -0.635. The highest BCUT2D eigenvalue weighted by Gasteiger charge is 2.33. The van der Waals surface area contributed by atoms with Crippen LogP contribution in [0.5, 0.6) is 5.75 Å². The Morgan fingerprint density at radius 3 is 2.63 bits per heavy atom. The molecular weight excluding hydrogens is 380 g/mol. The van der Waals surface area contributed by atoms with Crippen molar-refractivity contribution in [2.45, 2.75) is 32.9 Å². The second-order valence-electron chi connectivity index (χ2n) is 7.76. The molecule has 1 saturated heterocycles. The number of aromatic nitrogens is 2. The van der Waals surface area contributed by atoms with Gasteiger partial charge >= 0.3 is 0 Å². The molecule has 2 atom stereocenters. The number of amides is 2. The number of hydrogen-bond acceptors (Lipinski definition) is 4. The van der Waals surface area contributed by atoms with Gasteiger partial charge in [0.05, 0.1) is 10.9 Å². The van der Waals surface area contributed by atoms with Crippen LogP contribution < -0.4 is 4.74 Å². The van der Waals surface area contributed by atoms with Crippen LogP contribution in [0.15, 0.2) is 48.5 Å². The summed E-state index contributed by atoms with van der Waals surface area (Å²) in [4.78, 5) is 29.4. The van der Waals surface area contributed by atoms with Gasteiger partial charge in [-0.15, -0.1) is 0 Å². The Balaban J connectivity index is 1.42. The number of nitrogens with zero attached hydrogens (tertiary/aromatic N) is 3. The Kier molecular flexibility index (Phi) is 5.44. The second kappa shape index (κ2) is 8.18. The molecule has 30 heavy (non-hydrogen) atoms. The summed E-state index contributed by atoms with van der Waals surface area (Å²) < 4.78 is 6.04. The van der Waals surface area contributed by atoms with E-state index in [-0.39, 0.29) is 17.9 Å². The minimum Gasteiger partial charge on any atom is -0.480 e. The summed E-state index contributed by atoms with van der Waals surface area (Å²) in [6.07, 6.45) is -0.635. The van der Waals surface area contributed by atoms with Crippen LogP contribution in [-0.2, 0) is 4.79 Å². The number of aromatic amines is 1. The topological polar surface area (TPSA) is 78.5 Å². The molecule has 0 radical (unpaired) electrons. The Hall–Kier alpha value is -3.35. The fourth-order valence-corrected chi connectivity index (χ4v) is 3.99. The van der Waals surface area contributed by atoms with E-state index in [0.29, 0.717) is 30.9 Å². The number of piperazine rings is 1. The van der Waals surface area contributed by atoms with Crippen LogP contribution >= 0.6 is 0 Å². The molecule has 0 spiro atoms. The zero-order valence-electron chi connectivity index (χ0n) is 17.5. The maximum Gasteiger partial charge on any atom is 0.263 e. The summed E-state index contributed by atoms with van der Waals surface area (Å²) in [6.45, 7) is 7.16. The predicted octanol–water partition coefficient (Wildman–Crippen LogP) is 3.01. The first-order valence-corrected chi connectivity index (χ1v) is 10.2. The minimum absolute atomic E-state index is 0.000887. The number of carbonyl (C=O) groups is 2. The number of benzene rings is 2. The van der Waals surface area contributed by atoms with E-state index in [1.54, 1.807) is 6.92 Å². The van der Waals surface area contributed by atoms with Crippen LogP contribution in [0.4, 0.5) is 0 Å². The third kappa shape index (κ3) is 3.75. The van der Waals surface area contributed by atoms with E-state index in [1.807, 2.05) is 72.2 Å². The van der Waals surface area contributed by atoms with Gasteiger partial charge in [-0.25, -0.2) is 0 Å². The second-order valence-corrected chi connectivity index (χ2v) is 7.76. The smallest absolute Gasteiger partial charge is 0.263 e. The molecule has 1 aromatic heterocycles. The Morgan fingerprint density at radius 2 is 1.90 bits per heavy atom. The molecule has 2 amide bonds. The molecule has 1 aliphatic rings. The molecule has 156 valence electrons. The van der Waals surface area contributed by atoms with Crippen molar-refractivity contribution in [1.82, 2.24) is 20.0 Å². The van der Waals surface area contributed by atoms with Crippen molar-refractivity contribution in [3.63, 3.8) is 0 Å². The number of carbonyl (C=O) groups excluding carboxylic acids is 2. The highest BCUT2D eigenvalue weighted by Crippen LogP contribution is 2.28. The number of aryl methyl sites for hydroxylation is 1. The number of rotatable bonds is 4. The molecule has 0 saturated carbocycles. The number of nitrogens with one attached hydrogen (secondary N) is 1. The van der Waals surface area contributed by atoms with Crippen LogP contribution in [0, 0.1) is 6.92 Å². The highest BCUT2D eigenvalue weighted by atomic mass is 16.5. The first-order chi connectivity index (χ1) is 14.5. The fourth-order valence-electron chi connectivity index (χ4n) is 3.99. The number of hydrogen-bond donors (Lipinski definition) is 1. The molecule has 2 aromatic carbocycles. The molecule has 3 aromatic rings. The molecule has 7 nitrogen and oxygen atoms in total. The van der Waals surface area contributed by atoms with Crippen molar-refractivity contribution in [3.8, 4) is 5.75 Å². The maximum absolute atomic E-state index is 13.1. The molecule has 1 N–H and O–H groups in total. The van der Waals surface area contributed by atoms with Gasteiger partial charge in [0.2, 0.25) is 0 Å². The summed E-state index contributed by atoms with van der Waals surface area (Å²) in [6, 6.07) is 14.8. The highest BCUT2D eigenvalue weighted by molar-refractivity contribution is 5.94. The zero-order valence-corrected chi connectivity index (χ0v) is 17.5. The summed E-state index contributed by atoms with van der Waals surface area (Å²) >= 11 is 0. The van der Waals surface area contributed by atoms with E-state index in [4.69, 9.17) is 4.74 Å². The summed E-state index contributed by atoms with van der Waals surface area (Å²) in [5.41, 5.74) is 2.39. The van der Waals surface area contributed by atoms with Gasteiger partial charge in [-0.2, -0.15) is 5.10 Å². The van der Waals surface area contributed by atoms with Crippen molar-refractivity contribution < 1.29 is 14.3 Å². The molecule has 0 unspecified atom stereocenters. The third-order valence-corrected chi connectivity index (χ3v) is 5.59. The van der Waals surface area contributed by atoms with Crippen molar-refractivity contribution in [3.05, 3.63) is 59.8 Å². The molecule has 1 fully saturated rings. The molecular formula is C23H26N4O3. The average molecular weight is 406 g/mol. The molecule has 0 aliphatic carbocycles. The summed E-state index contributed by atoms with van der Waals surface area (Å²) in [5.74, 6) is 0.568. The Bertz CT molecular complexity index is 1060. The van der Waals surface area contributed by atoms with Gasteiger partial charge in [-0.05, 0) is 45.0 Å². The summed E-state index contributed by atoms with van der Waals surface area (Å²) in [5, 5.41) is 8.09. The van der Waals surface area contributed by atoms with Gasteiger partial charge < -0.3 is 14.5 Å². The van der Waals surface area contributed by atoms with Gasteiger partial charge in [0.1, 0.15) is 5.75 Å². The summed E-state index contributed by atoms with van der Waals surface area (Å²) in [7, 11) is 0. The molecule has 0 bridgehead atoms.